The molecule has 0 aliphatic rings. The van der Waals surface area contributed by atoms with Crippen LogP contribution in [-0.4, -0.2) is 0 Å². The van der Waals surface area contributed by atoms with Crippen LogP contribution in [0.25, 0.3) is 0 Å². The smallest absolute Gasteiger partial charge is 0.0139 e. The van der Waals surface area contributed by atoms with Crippen LogP contribution < -0.4 is 0 Å². The summed E-state index contributed by atoms with van der Waals surface area (Å²) in [5, 5.41) is 0. The molecule has 0 aliphatic carbocycles. The molecule has 1 heteroatoms. The summed E-state index contributed by atoms with van der Waals surface area (Å²) < 4.78 is 1.27. The van der Waals surface area contributed by atoms with Crippen LogP contribution in [0.15, 0.2) is 24.8 Å². The van der Waals surface area contributed by atoms with Crippen molar-refractivity contribution >= 4 is 22.6 Å². The Hall–Kier alpha value is -0.310. The van der Waals surface area contributed by atoms with E-state index in [0.717, 1.165) is 12.0 Å². The van der Waals surface area contributed by atoms with E-state index >= 15 is 0 Å². The van der Waals surface area contributed by atoms with Crippen molar-refractivity contribution in [3.8, 4) is 0 Å². The molecule has 1 radical (unpaired) electrons. The Labute approximate surface area is 94.2 Å². The molecule has 69 valence electrons. The van der Waals surface area contributed by atoms with Crippen molar-refractivity contribution in [3.05, 3.63) is 45.6 Å². The molecular formula is C12H14I. The molecule has 0 unspecified atom stereocenters. The first-order valence-electron chi connectivity index (χ1n) is 4.44. The largest absolute Gasteiger partial charge is 0.0906 e. The molecule has 13 heavy (non-hydrogen) atoms. The van der Waals surface area contributed by atoms with Crippen molar-refractivity contribution < 1.29 is 0 Å². The fourth-order valence-corrected chi connectivity index (χ4v) is 2.08. The highest BCUT2D eigenvalue weighted by molar-refractivity contribution is 14.1. The molecule has 0 aromatic heterocycles. The second-order valence-corrected chi connectivity index (χ2v) is 4.87. The van der Waals surface area contributed by atoms with Crippen LogP contribution in [-0.2, 0) is 6.42 Å². The van der Waals surface area contributed by atoms with E-state index in [1.54, 1.807) is 0 Å². The summed E-state index contributed by atoms with van der Waals surface area (Å²) in [6, 6.07) is 6.48. The van der Waals surface area contributed by atoms with E-state index in [0.29, 0.717) is 5.92 Å². The maximum Gasteiger partial charge on any atom is 0.0139 e. The third kappa shape index (κ3) is 3.51. The first-order chi connectivity index (χ1) is 6.11. The minimum atomic E-state index is 0.705. The molecule has 0 aliphatic heterocycles. The quantitative estimate of drug-likeness (QED) is 0.740. The van der Waals surface area contributed by atoms with Gasteiger partial charge >= 0.3 is 0 Å². The molecule has 0 saturated carbocycles. The Morgan fingerprint density at radius 3 is 2.62 bits per heavy atom. The Kier molecular flexibility index (Phi) is 3.97. The van der Waals surface area contributed by atoms with Gasteiger partial charge < -0.3 is 0 Å². The van der Waals surface area contributed by atoms with E-state index in [4.69, 9.17) is 0 Å². The van der Waals surface area contributed by atoms with Crippen LogP contribution >= 0.6 is 22.6 Å². The SMILES string of the molecule is C=[C]c1cc(I)cc(CC(C)C)c1. The maximum atomic E-state index is 3.66. The topological polar surface area (TPSA) is 0 Å². The van der Waals surface area contributed by atoms with E-state index in [1.165, 1.54) is 9.13 Å². The van der Waals surface area contributed by atoms with Gasteiger partial charge in [-0.05, 0) is 64.3 Å². The molecule has 1 aromatic rings. The molecule has 0 nitrogen and oxygen atoms in total. The fourth-order valence-electron chi connectivity index (χ4n) is 1.34. The molecule has 0 heterocycles. The molecule has 0 spiro atoms. The van der Waals surface area contributed by atoms with Crippen molar-refractivity contribution in [1.82, 2.24) is 0 Å². The van der Waals surface area contributed by atoms with Gasteiger partial charge in [0.25, 0.3) is 0 Å². The summed E-state index contributed by atoms with van der Waals surface area (Å²) in [6.45, 7) is 8.13. The van der Waals surface area contributed by atoms with Gasteiger partial charge in [-0.25, -0.2) is 0 Å². The molecule has 1 rings (SSSR count). The normalized spacial score (nSPS) is 10.5. The van der Waals surface area contributed by atoms with Gasteiger partial charge in [0.2, 0.25) is 0 Å². The zero-order valence-electron chi connectivity index (χ0n) is 8.10. The van der Waals surface area contributed by atoms with Gasteiger partial charge in [-0.15, -0.1) is 0 Å². The van der Waals surface area contributed by atoms with Crippen molar-refractivity contribution in [2.75, 3.05) is 0 Å². The van der Waals surface area contributed by atoms with Crippen LogP contribution in [0.3, 0.4) is 0 Å². The van der Waals surface area contributed by atoms with Crippen LogP contribution in [0.4, 0.5) is 0 Å². The number of benzene rings is 1. The van der Waals surface area contributed by atoms with Crippen molar-refractivity contribution in [2.45, 2.75) is 20.3 Å². The van der Waals surface area contributed by atoms with Crippen molar-refractivity contribution in [2.24, 2.45) is 5.92 Å². The lowest BCUT2D eigenvalue weighted by atomic mass is 10.0. The number of hydrogen-bond donors (Lipinski definition) is 0. The molecule has 1 aromatic carbocycles. The molecular weight excluding hydrogens is 271 g/mol. The minimum absolute atomic E-state index is 0.705. The van der Waals surface area contributed by atoms with Gasteiger partial charge in [0, 0.05) is 3.57 Å². The second-order valence-electron chi connectivity index (χ2n) is 3.62. The third-order valence-corrected chi connectivity index (χ3v) is 2.43. The highest BCUT2D eigenvalue weighted by atomic mass is 127. The Morgan fingerprint density at radius 2 is 2.08 bits per heavy atom. The first-order valence-corrected chi connectivity index (χ1v) is 5.52. The maximum absolute atomic E-state index is 3.66. The van der Waals surface area contributed by atoms with Gasteiger partial charge in [0.15, 0.2) is 0 Å². The van der Waals surface area contributed by atoms with E-state index in [1.807, 2.05) is 0 Å². The lowest BCUT2D eigenvalue weighted by Crippen LogP contribution is -1.95. The number of hydrogen-bond acceptors (Lipinski definition) is 0. The lowest BCUT2D eigenvalue weighted by Gasteiger charge is -2.06. The number of rotatable bonds is 3. The summed E-state index contributed by atoms with van der Waals surface area (Å²) >= 11 is 2.33. The zero-order chi connectivity index (χ0) is 9.84. The van der Waals surface area contributed by atoms with E-state index in [9.17, 15) is 0 Å². The predicted molar refractivity (Wildman–Crippen MR) is 65.7 cm³/mol. The minimum Gasteiger partial charge on any atom is -0.0906 e. The third-order valence-electron chi connectivity index (χ3n) is 1.81. The summed E-state index contributed by atoms with van der Waals surface area (Å²) in [5.74, 6) is 0.705. The molecule has 0 saturated heterocycles. The highest BCUT2D eigenvalue weighted by Gasteiger charge is 2.00. The molecule has 0 bridgehead atoms. The lowest BCUT2D eigenvalue weighted by molar-refractivity contribution is 0.647. The zero-order valence-corrected chi connectivity index (χ0v) is 10.3. The molecule has 0 fully saturated rings. The van der Waals surface area contributed by atoms with Crippen LogP contribution in [0.1, 0.15) is 25.0 Å². The number of halogens is 1. The van der Waals surface area contributed by atoms with Gasteiger partial charge in [0.1, 0.15) is 0 Å². The molecule has 0 N–H and O–H groups in total. The van der Waals surface area contributed by atoms with Crippen molar-refractivity contribution in [1.29, 1.82) is 0 Å². The van der Waals surface area contributed by atoms with E-state index in [-0.39, 0.29) is 0 Å². The summed E-state index contributed by atoms with van der Waals surface area (Å²) in [7, 11) is 0. The van der Waals surface area contributed by atoms with Gasteiger partial charge in [-0.1, -0.05) is 26.5 Å². The Bertz CT molecular complexity index is 300. The Balaban J connectivity index is 2.94. The fraction of sp³-hybridized carbons (Fsp3) is 0.333. The van der Waals surface area contributed by atoms with Gasteiger partial charge in [-0.3, -0.25) is 0 Å². The van der Waals surface area contributed by atoms with Crippen LogP contribution in [0.2, 0.25) is 0 Å². The second kappa shape index (κ2) is 4.80. The standard InChI is InChI=1S/C12H14I/c1-4-10-6-11(5-9(2)3)8-12(13)7-10/h6-9H,1,5H2,2-3H3. The van der Waals surface area contributed by atoms with Crippen LogP contribution in [0.5, 0.6) is 0 Å². The Morgan fingerprint density at radius 1 is 1.38 bits per heavy atom. The summed E-state index contributed by atoms with van der Waals surface area (Å²) in [4.78, 5) is 0. The van der Waals surface area contributed by atoms with E-state index < -0.39 is 0 Å². The molecule has 0 amide bonds. The van der Waals surface area contributed by atoms with Gasteiger partial charge in [-0.2, -0.15) is 0 Å². The monoisotopic (exact) mass is 285 g/mol. The van der Waals surface area contributed by atoms with Crippen LogP contribution in [0, 0.1) is 15.6 Å². The highest BCUT2D eigenvalue weighted by Crippen LogP contribution is 2.15. The predicted octanol–water partition coefficient (Wildman–Crippen LogP) is 3.83. The van der Waals surface area contributed by atoms with Gasteiger partial charge in [0.05, 0.1) is 0 Å². The summed E-state index contributed by atoms with van der Waals surface area (Å²) in [6.07, 6.45) is 4.06. The first kappa shape index (κ1) is 10.8. The average Bonchev–Trinajstić information content (AvgIpc) is 2.01. The van der Waals surface area contributed by atoms with E-state index in [2.05, 4.69) is 67.3 Å². The van der Waals surface area contributed by atoms with Crippen molar-refractivity contribution in [3.63, 3.8) is 0 Å². The molecule has 0 atom stereocenters. The summed E-state index contributed by atoms with van der Waals surface area (Å²) in [5.41, 5.74) is 2.48. The average molecular weight is 285 g/mol.